The van der Waals surface area contributed by atoms with E-state index in [2.05, 4.69) is 6.92 Å². The van der Waals surface area contributed by atoms with Crippen LogP contribution in [0.25, 0.3) is 0 Å². The van der Waals surface area contributed by atoms with Gasteiger partial charge in [-0.05, 0) is 31.1 Å². The Bertz CT molecular complexity index is 259. The lowest BCUT2D eigenvalue weighted by molar-refractivity contribution is -0.141. The van der Waals surface area contributed by atoms with E-state index < -0.39 is 0 Å². The predicted octanol–water partition coefficient (Wildman–Crippen LogP) is 1.89. The molecule has 2 saturated heterocycles. The van der Waals surface area contributed by atoms with Gasteiger partial charge < -0.3 is 9.64 Å². The molecule has 1 amide bonds. The number of ether oxygens (including phenoxy) is 1. The minimum Gasteiger partial charge on any atom is -0.368 e. The van der Waals surface area contributed by atoms with Gasteiger partial charge in [-0.15, -0.1) is 11.6 Å². The van der Waals surface area contributed by atoms with Gasteiger partial charge in [0.15, 0.2) is 0 Å². The van der Waals surface area contributed by atoms with Crippen LogP contribution < -0.4 is 0 Å². The Hall–Kier alpha value is -0.280. The van der Waals surface area contributed by atoms with E-state index in [1.165, 1.54) is 0 Å². The highest BCUT2D eigenvalue weighted by Crippen LogP contribution is 2.26. The molecule has 0 aromatic carbocycles. The van der Waals surface area contributed by atoms with E-state index in [1.807, 2.05) is 4.90 Å². The van der Waals surface area contributed by atoms with E-state index in [0.717, 1.165) is 39.0 Å². The molecule has 2 fully saturated rings. The molecule has 0 spiro atoms. The Morgan fingerprint density at radius 1 is 1.50 bits per heavy atom. The second-order valence-corrected chi connectivity index (χ2v) is 5.35. The van der Waals surface area contributed by atoms with Crippen LogP contribution in [-0.2, 0) is 9.53 Å². The molecule has 0 N–H and O–H groups in total. The van der Waals surface area contributed by atoms with Crippen LogP contribution >= 0.6 is 11.6 Å². The van der Waals surface area contributed by atoms with Crippen molar-refractivity contribution in [3.8, 4) is 0 Å². The maximum absolute atomic E-state index is 12.2. The number of hydrogen-bond acceptors (Lipinski definition) is 2. The van der Waals surface area contributed by atoms with Crippen molar-refractivity contribution in [3.05, 3.63) is 0 Å². The molecule has 2 rings (SSSR count). The van der Waals surface area contributed by atoms with Crippen LogP contribution in [-0.4, -0.2) is 42.5 Å². The third kappa shape index (κ3) is 2.51. The highest BCUT2D eigenvalue weighted by molar-refractivity contribution is 6.17. The highest BCUT2D eigenvalue weighted by atomic mass is 35.5. The standard InChI is InChI=1S/C12H20ClNO2/c1-9-4-7-16-11(9)12(15)14-6-3-10(8-14)2-5-13/h9-11H,2-8H2,1H3. The molecule has 3 unspecified atom stereocenters. The Morgan fingerprint density at radius 2 is 2.31 bits per heavy atom. The molecule has 2 aliphatic heterocycles. The van der Waals surface area contributed by atoms with Crippen molar-refractivity contribution in [3.63, 3.8) is 0 Å². The minimum absolute atomic E-state index is 0.185. The molecule has 3 atom stereocenters. The quantitative estimate of drug-likeness (QED) is 0.711. The highest BCUT2D eigenvalue weighted by Gasteiger charge is 2.36. The first-order chi connectivity index (χ1) is 7.72. The van der Waals surface area contributed by atoms with Gasteiger partial charge in [0.2, 0.25) is 0 Å². The van der Waals surface area contributed by atoms with Crippen molar-refractivity contribution >= 4 is 17.5 Å². The largest absolute Gasteiger partial charge is 0.368 e. The van der Waals surface area contributed by atoms with Gasteiger partial charge in [0.1, 0.15) is 6.10 Å². The summed E-state index contributed by atoms with van der Waals surface area (Å²) in [6, 6.07) is 0. The fourth-order valence-corrected chi connectivity index (χ4v) is 2.92. The molecule has 0 aliphatic carbocycles. The van der Waals surface area contributed by atoms with Crippen molar-refractivity contribution in [2.45, 2.75) is 32.3 Å². The summed E-state index contributed by atoms with van der Waals surface area (Å²) in [4.78, 5) is 14.1. The van der Waals surface area contributed by atoms with E-state index in [9.17, 15) is 4.79 Å². The monoisotopic (exact) mass is 245 g/mol. The van der Waals surface area contributed by atoms with Gasteiger partial charge in [-0.1, -0.05) is 6.92 Å². The van der Waals surface area contributed by atoms with Crippen LogP contribution in [0, 0.1) is 11.8 Å². The van der Waals surface area contributed by atoms with Gasteiger partial charge in [0.25, 0.3) is 5.91 Å². The van der Waals surface area contributed by atoms with Gasteiger partial charge in [0, 0.05) is 25.6 Å². The number of alkyl halides is 1. The number of rotatable bonds is 3. The Morgan fingerprint density at radius 3 is 2.94 bits per heavy atom. The number of carbonyl (C=O) groups excluding carboxylic acids is 1. The average molecular weight is 246 g/mol. The smallest absolute Gasteiger partial charge is 0.251 e. The molecule has 92 valence electrons. The van der Waals surface area contributed by atoms with Crippen LogP contribution in [0.1, 0.15) is 26.2 Å². The molecule has 2 aliphatic rings. The van der Waals surface area contributed by atoms with Crippen molar-refractivity contribution in [2.24, 2.45) is 11.8 Å². The SMILES string of the molecule is CC1CCOC1C(=O)N1CCC(CCCl)C1. The van der Waals surface area contributed by atoms with Crippen molar-refractivity contribution in [2.75, 3.05) is 25.6 Å². The molecule has 3 nitrogen and oxygen atoms in total. The molecule has 16 heavy (non-hydrogen) atoms. The maximum Gasteiger partial charge on any atom is 0.251 e. The molecule has 0 radical (unpaired) electrons. The van der Waals surface area contributed by atoms with Crippen LogP contribution in [0.2, 0.25) is 0 Å². The molecular formula is C12H20ClNO2. The number of hydrogen-bond donors (Lipinski definition) is 0. The first-order valence-corrected chi connectivity index (χ1v) is 6.72. The lowest BCUT2D eigenvalue weighted by Gasteiger charge is -2.22. The first-order valence-electron chi connectivity index (χ1n) is 6.18. The summed E-state index contributed by atoms with van der Waals surface area (Å²) in [6.45, 7) is 4.59. The third-order valence-corrected chi connectivity index (χ3v) is 3.96. The Balaban J connectivity index is 1.86. The fraction of sp³-hybridized carbons (Fsp3) is 0.917. The average Bonchev–Trinajstić information content (AvgIpc) is 2.87. The lowest BCUT2D eigenvalue weighted by atomic mass is 10.0. The second-order valence-electron chi connectivity index (χ2n) is 4.97. The summed E-state index contributed by atoms with van der Waals surface area (Å²) in [6.07, 6.45) is 2.94. The number of likely N-dealkylation sites (tertiary alicyclic amines) is 1. The third-order valence-electron chi connectivity index (χ3n) is 3.75. The van der Waals surface area contributed by atoms with E-state index in [1.54, 1.807) is 0 Å². The zero-order chi connectivity index (χ0) is 11.5. The van der Waals surface area contributed by atoms with Crippen LogP contribution in [0.5, 0.6) is 0 Å². The van der Waals surface area contributed by atoms with Gasteiger partial charge in [0.05, 0.1) is 0 Å². The van der Waals surface area contributed by atoms with Gasteiger partial charge in [-0.25, -0.2) is 0 Å². The molecule has 0 bridgehead atoms. The summed E-state index contributed by atoms with van der Waals surface area (Å²) in [7, 11) is 0. The number of carbonyl (C=O) groups is 1. The van der Waals surface area contributed by atoms with E-state index in [4.69, 9.17) is 16.3 Å². The fourth-order valence-electron chi connectivity index (χ4n) is 2.61. The van der Waals surface area contributed by atoms with Crippen LogP contribution in [0.15, 0.2) is 0 Å². The first kappa shape index (κ1) is 12.2. The van der Waals surface area contributed by atoms with E-state index in [0.29, 0.717) is 17.7 Å². The number of amides is 1. The summed E-state index contributed by atoms with van der Waals surface area (Å²) in [5.74, 6) is 1.86. The lowest BCUT2D eigenvalue weighted by Crippen LogP contribution is -2.39. The van der Waals surface area contributed by atoms with Gasteiger partial charge in [-0.3, -0.25) is 4.79 Å². The summed E-state index contributed by atoms with van der Waals surface area (Å²) in [5.41, 5.74) is 0. The van der Waals surface area contributed by atoms with E-state index in [-0.39, 0.29) is 12.0 Å². The number of halogens is 1. The molecule has 4 heteroatoms. The van der Waals surface area contributed by atoms with Crippen molar-refractivity contribution in [1.29, 1.82) is 0 Å². The van der Waals surface area contributed by atoms with Gasteiger partial charge in [-0.2, -0.15) is 0 Å². The van der Waals surface area contributed by atoms with Crippen LogP contribution in [0.4, 0.5) is 0 Å². The maximum atomic E-state index is 12.2. The van der Waals surface area contributed by atoms with Crippen LogP contribution in [0.3, 0.4) is 0 Å². The topological polar surface area (TPSA) is 29.5 Å². The summed E-state index contributed by atoms with van der Waals surface area (Å²) >= 11 is 5.73. The second kappa shape index (κ2) is 5.37. The minimum atomic E-state index is -0.185. The molecule has 0 aromatic rings. The van der Waals surface area contributed by atoms with E-state index >= 15 is 0 Å². The van der Waals surface area contributed by atoms with Crippen molar-refractivity contribution < 1.29 is 9.53 Å². The Labute approximate surface area is 102 Å². The molecule has 0 aromatic heterocycles. The summed E-state index contributed by atoms with van der Waals surface area (Å²) in [5, 5.41) is 0. The van der Waals surface area contributed by atoms with Gasteiger partial charge >= 0.3 is 0 Å². The molecule has 0 saturated carbocycles. The summed E-state index contributed by atoms with van der Waals surface area (Å²) < 4.78 is 5.52. The predicted molar refractivity (Wildman–Crippen MR) is 63.5 cm³/mol. The normalized spacial score (nSPS) is 34.6. The zero-order valence-corrected chi connectivity index (χ0v) is 10.6. The molecular weight excluding hydrogens is 226 g/mol. The van der Waals surface area contributed by atoms with Crippen molar-refractivity contribution in [1.82, 2.24) is 4.90 Å². The Kier molecular flexibility index (Phi) is 4.09. The zero-order valence-electron chi connectivity index (χ0n) is 9.82. The number of nitrogens with zero attached hydrogens (tertiary/aromatic N) is 1. The molecule has 2 heterocycles.